The molecule has 1 aliphatic heterocycles. The first-order chi connectivity index (χ1) is 10.6. The van der Waals surface area contributed by atoms with Gasteiger partial charge in [-0.2, -0.15) is 0 Å². The summed E-state index contributed by atoms with van der Waals surface area (Å²) in [6.07, 6.45) is 1.05. The fourth-order valence-corrected chi connectivity index (χ4v) is 2.99. The molecule has 0 bridgehead atoms. The summed E-state index contributed by atoms with van der Waals surface area (Å²) in [5.74, 6) is -2.23. The van der Waals surface area contributed by atoms with Crippen LogP contribution in [-0.4, -0.2) is 30.4 Å². The van der Waals surface area contributed by atoms with E-state index in [2.05, 4.69) is 4.74 Å². The number of nitrogens with zero attached hydrogens (tertiary/aromatic N) is 1. The number of likely N-dealkylation sites (tertiary alicyclic amines) is 1. The molecule has 0 aromatic heterocycles. The quantitative estimate of drug-likeness (QED) is 0.803. The van der Waals surface area contributed by atoms with E-state index in [1.807, 2.05) is 0 Å². The third-order valence-electron chi connectivity index (χ3n) is 4.66. The Hall–Kier alpha value is -1.98. The van der Waals surface area contributed by atoms with E-state index in [4.69, 9.17) is 0 Å². The molecule has 0 radical (unpaired) electrons. The van der Waals surface area contributed by atoms with Crippen LogP contribution in [0.4, 0.5) is 8.78 Å². The van der Waals surface area contributed by atoms with Gasteiger partial charge in [0.2, 0.25) is 5.91 Å². The van der Waals surface area contributed by atoms with Crippen molar-refractivity contribution in [2.24, 2.45) is 5.41 Å². The molecular weight excluding hydrogens is 304 g/mol. The molecular formula is C17H21F2NO3. The van der Waals surface area contributed by atoms with Gasteiger partial charge in [-0.25, -0.2) is 8.78 Å². The maximum absolute atomic E-state index is 13.6. The Bertz CT molecular complexity index is 624. The van der Waals surface area contributed by atoms with E-state index in [0.717, 1.165) is 6.07 Å². The number of piperidine rings is 1. The SMILES string of the molecule is COC(=O)CN1C(=O)C(C)(C)CCC1(C)c1cc(F)cc(F)c1. The van der Waals surface area contributed by atoms with Crippen LogP contribution in [0.2, 0.25) is 0 Å². The zero-order valence-corrected chi connectivity index (χ0v) is 13.8. The second kappa shape index (κ2) is 5.91. The second-order valence-corrected chi connectivity index (χ2v) is 6.78. The van der Waals surface area contributed by atoms with Crippen molar-refractivity contribution < 1.29 is 23.1 Å². The molecule has 23 heavy (non-hydrogen) atoms. The van der Waals surface area contributed by atoms with Gasteiger partial charge in [0.15, 0.2) is 0 Å². The number of esters is 1. The van der Waals surface area contributed by atoms with Gasteiger partial charge >= 0.3 is 5.97 Å². The molecule has 4 nitrogen and oxygen atoms in total. The maximum atomic E-state index is 13.6. The lowest BCUT2D eigenvalue weighted by atomic mass is 9.72. The number of rotatable bonds is 3. The number of methoxy groups -OCH3 is 1. The molecule has 126 valence electrons. The van der Waals surface area contributed by atoms with Gasteiger partial charge in [-0.05, 0) is 37.5 Å². The Labute approximate surface area is 134 Å². The zero-order chi connectivity index (χ0) is 17.4. The van der Waals surface area contributed by atoms with E-state index in [1.54, 1.807) is 20.8 Å². The minimum atomic E-state index is -0.969. The number of hydrogen-bond acceptors (Lipinski definition) is 3. The van der Waals surface area contributed by atoms with E-state index >= 15 is 0 Å². The first kappa shape index (κ1) is 17.4. The van der Waals surface area contributed by atoms with Crippen LogP contribution < -0.4 is 0 Å². The van der Waals surface area contributed by atoms with Crippen molar-refractivity contribution >= 4 is 11.9 Å². The summed E-state index contributed by atoms with van der Waals surface area (Å²) in [5, 5.41) is 0. The summed E-state index contributed by atoms with van der Waals surface area (Å²) in [6.45, 7) is 5.06. The predicted octanol–water partition coefficient (Wildman–Crippen LogP) is 3.00. The van der Waals surface area contributed by atoms with Crippen LogP contribution in [0.25, 0.3) is 0 Å². The van der Waals surface area contributed by atoms with E-state index in [1.165, 1.54) is 24.1 Å². The third-order valence-corrected chi connectivity index (χ3v) is 4.66. The molecule has 1 heterocycles. The summed E-state index contributed by atoms with van der Waals surface area (Å²) in [5.41, 5.74) is -1.27. The molecule has 1 saturated heterocycles. The summed E-state index contributed by atoms with van der Waals surface area (Å²) in [4.78, 5) is 25.9. The van der Waals surface area contributed by atoms with Crippen molar-refractivity contribution in [3.05, 3.63) is 35.4 Å². The van der Waals surface area contributed by atoms with Gasteiger partial charge in [0.25, 0.3) is 0 Å². The first-order valence-electron chi connectivity index (χ1n) is 7.45. The average molecular weight is 325 g/mol. The van der Waals surface area contributed by atoms with E-state index in [9.17, 15) is 18.4 Å². The highest BCUT2D eigenvalue weighted by Crippen LogP contribution is 2.44. The molecule has 6 heteroatoms. The molecule has 0 saturated carbocycles. The number of amides is 1. The molecule has 1 unspecified atom stereocenters. The highest BCUT2D eigenvalue weighted by atomic mass is 19.1. The summed E-state index contributed by atoms with van der Waals surface area (Å²) < 4.78 is 31.9. The number of halogens is 2. The molecule has 1 aromatic carbocycles. The van der Waals surface area contributed by atoms with Crippen LogP contribution >= 0.6 is 0 Å². The molecule has 1 aliphatic rings. The Morgan fingerprint density at radius 1 is 1.17 bits per heavy atom. The van der Waals surface area contributed by atoms with Crippen molar-refractivity contribution in [3.8, 4) is 0 Å². The van der Waals surface area contributed by atoms with Crippen molar-refractivity contribution in [1.29, 1.82) is 0 Å². The maximum Gasteiger partial charge on any atom is 0.325 e. The Morgan fingerprint density at radius 2 is 1.74 bits per heavy atom. The fourth-order valence-electron chi connectivity index (χ4n) is 2.99. The number of hydrogen-bond donors (Lipinski definition) is 0. The number of carbonyl (C=O) groups is 2. The molecule has 1 fully saturated rings. The molecule has 1 atom stereocenters. The largest absolute Gasteiger partial charge is 0.468 e. The smallest absolute Gasteiger partial charge is 0.325 e. The average Bonchev–Trinajstić information content (AvgIpc) is 2.47. The minimum absolute atomic E-state index is 0.235. The lowest BCUT2D eigenvalue weighted by Gasteiger charge is -2.49. The molecule has 0 aliphatic carbocycles. The lowest BCUT2D eigenvalue weighted by Crippen LogP contribution is -2.58. The topological polar surface area (TPSA) is 46.6 Å². The van der Waals surface area contributed by atoms with Gasteiger partial charge in [-0.1, -0.05) is 13.8 Å². The second-order valence-electron chi connectivity index (χ2n) is 6.78. The van der Waals surface area contributed by atoms with Gasteiger partial charge in [0.05, 0.1) is 12.6 Å². The van der Waals surface area contributed by atoms with Crippen molar-refractivity contribution in [3.63, 3.8) is 0 Å². The van der Waals surface area contributed by atoms with E-state index in [0.29, 0.717) is 18.4 Å². The summed E-state index contributed by atoms with van der Waals surface area (Å²) in [6, 6.07) is 3.20. The normalized spacial score (nSPS) is 23.7. The van der Waals surface area contributed by atoms with Gasteiger partial charge in [-0.15, -0.1) is 0 Å². The summed E-state index contributed by atoms with van der Waals surface area (Å²) >= 11 is 0. The monoisotopic (exact) mass is 325 g/mol. The number of benzene rings is 1. The third kappa shape index (κ3) is 3.21. The minimum Gasteiger partial charge on any atom is -0.468 e. The Morgan fingerprint density at radius 3 is 2.26 bits per heavy atom. The van der Waals surface area contributed by atoms with E-state index in [-0.39, 0.29) is 12.5 Å². The highest BCUT2D eigenvalue weighted by molar-refractivity contribution is 5.87. The molecule has 2 rings (SSSR count). The van der Waals surface area contributed by atoms with Crippen molar-refractivity contribution in [2.75, 3.05) is 13.7 Å². The van der Waals surface area contributed by atoms with E-state index < -0.39 is 28.6 Å². The lowest BCUT2D eigenvalue weighted by molar-refractivity contribution is -0.162. The number of carbonyl (C=O) groups excluding carboxylic acids is 2. The fraction of sp³-hybridized carbons (Fsp3) is 0.529. The van der Waals surface area contributed by atoms with Crippen LogP contribution in [0.1, 0.15) is 39.2 Å². The van der Waals surface area contributed by atoms with Gasteiger partial charge in [-0.3, -0.25) is 9.59 Å². The predicted molar refractivity (Wildman–Crippen MR) is 80.5 cm³/mol. The molecule has 1 aromatic rings. The van der Waals surface area contributed by atoms with Crippen LogP contribution in [0.15, 0.2) is 18.2 Å². The van der Waals surface area contributed by atoms with Gasteiger partial charge in [0.1, 0.15) is 18.2 Å². The van der Waals surface area contributed by atoms with Crippen LogP contribution in [0.5, 0.6) is 0 Å². The zero-order valence-electron chi connectivity index (χ0n) is 13.8. The molecule has 0 spiro atoms. The van der Waals surface area contributed by atoms with Crippen LogP contribution in [0.3, 0.4) is 0 Å². The van der Waals surface area contributed by atoms with Gasteiger partial charge < -0.3 is 9.64 Å². The molecule has 1 amide bonds. The standard InChI is InChI=1S/C17H21F2NO3/c1-16(2)5-6-17(3,11-7-12(18)9-13(19)8-11)20(15(16)22)10-14(21)23-4/h7-9H,5-6,10H2,1-4H3. The van der Waals surface area contributed by atoms with Crippen LogP contribution in [-0.2, 0) is 19.9 Å². The molecule has 0 N–H and O–H groups in total. The Kier molecular flexibility index (Phi) is 4.46. The van der Waals surface area contributed by atoms with Gasteiger partial charge in [0, 0.05) is 11.5 Å². The highest BCUT2D eigenvalue weighted by Gasteiger charge is 2.48. The van der Waals surface area contributed by atoms with Crippen LogP contribution in [0, 0.1) is 17.0 Å². The number of ether oxygens (including phenoxy) is 1. The first-order valence-corrected chi connectivity index (χ1v) is 7.45. The van der Waals surface area contributed by atoms with Crippen molar-refractivity contribution in [2.45, 2.75) is 39.2 Å². The Balaban J connectivity index is 2.51. The summed E-state index contributed by atoms with van der Waals surface area (Å²) in [7, 11) is 1.24. The van der Waals surface area contributed by atoms with Crippen molar-refractivity contribution in [1.82, 2.24) is 4.90 Å².